The second-order valence-corrected chi connectivity index (χ2v) is 4.01. The third-order valence-electron chi connectivity index (χ3n) is 2.41. The summed E-state index contributed by atoms with van der Waals surface area (Å²) in [5.74, 6) is 0.594. The Kier molecular flexibility index (Phi) is 3.73. The summed E-state index contributed by atoms with van der Waals surface area (Å²) in [6.07, 6.45) is 5.61. The molecule has 0 aliphatic carbocycles. The second-order valence-electron chi connectivity index (χ2n) is 4.01. The number of likely N-dealkylation sites (tertiary alicyclic amines) is 1. The van der Waals surface area contributed by atoms with E-state index in [1.807, 2.05) is 0 Å². The van der Waals surface area contributed by atoms with Crippen molar-refractivity contribution in [1.29, 1.82) is 0 Å². The SMILES string of the molecule is CC(C)CC([C]=O)N1CCCC1. The zero-order valence-electron chi connectivity index (χ0n) is 8.05. The first-order chi connectivity index (χ1) is 5.74. The highest BCUT2D eigenvalue weighted by atomic mass is 16.1. The van der Waals surface area contributed by atoms with Crippen molar-refractivity contribution in [2.24, 2.45) is 5.92 Å². The van der Waals surface area contributed by atoms with Crippen LogP contribution >= 0.6 is 0 Å². The van der Waals surface area contributed by atoms with Gasteiger partial charge in [0.2, 0.25) is 6.29 Å². The van der Waals surface area contributed by atoms with E-state index in [2.05, 4.69) is 25.0 Å². The second kappa shape index (κ2) is 4.61. The summed E-state index contributed by atoms with van der Waals surface area (Å²) in [5, 5.41) is 0. The fourth-order valence-corrected chi connectivity index (χ4v) is 1.77. The van der Waals surface area contributed by atoms with Crippen molar-refractivity contribution in [2.45, 2.75) is 39.2 Å². The number of carbonyl (C=O) groups excluding carboxylic acids is 1. The Bertz CT molecular complexity index is 139. The van der Waals surface area contributed by atoms with Crippen LogP contribution in [0.3, 0.4) is 0 Å². The molecule has 0 aromatic carbocycles. The Labute approximate surface area is 74.9 Å². The van der Waals surface area contributed by atoms with Crippen molar-refractivity contribution in [2.75, 3.05) is 13.1 Å². The lowest BCUT2D eigenvalue weighted by molar-refractivity contribution is 0.261. The molecule has 0 N–H and O–H groups in total. The van der Waals surface area contributed by atoms with E-state index in [0.29, 0.717) is 5.92 Å². The van der Waals surface area contributed by atoms with Crippen LogP contribution in [-0.2, 0) is 4.79 Å². The first-order valence-corrected chi connectivity index (χ1v) is 4.85. The molecule has 0 amide bonds. The van der Waals surface area contributed by atoms with Crippen molar-refractivity contribution < 1.29 is 4.79 Å². The zero-order valence-corrected chi connectivity index (χ0v) is 8.05. The highest BCUT2D eigenvalue weighted by molar-refractivity contribution is 5.58. The summed E-state index contributed by atoms with van der Waals surface area (Å²) in [5.41, 5.74) is 0. The van der Waals surface area contributed by atoms with E-state index in [1.54, 1.807) is 0 Å². The molecule has 2 nitrogen and oxygen atoms in total. The predicted octanol–water partition coefficient (Wildman–Crippen LogP) is 1.61. The van der Waals surface area contributed by atoms with E-state index < -0.39 is 0 Å². The monoisotopic (exact) mass is 168 g/mol. The van der Waals surface area contributed by atoms with Gasteiger partial charge in [-0.2, -0.15) is 0 Å². The maximum absolute atomic E-state index is 10.7. The average Bonchev–Trinajstić information content (AvgIpc) is 2.51. The van der Waals surface area contributed by atoms with E-state index >= 15 is 0 Å². The van der Waals surface area contributed by atoms with Gasteiger partial charge in [0.05, 0.1) is 6.04 Å². The van der Waals surface area contributed by atoms with E-state index in [9.17, 15) is 4.79 Å². The van der Waals surface area contributed by atoms with Crippen molar-refractivity contribution in [3.8, 4) is 0 Å². The molecule has 1 radical (unpaired) electrons. The Balaban J connectivity index is 2.37. The maximum atomic E-state index is 10.7. The summed E-state index contributed by atoms with van der Waals surface area (Å²) >= 11 is 0. The summed E-state index contributed by atoms with van der Waals surface area (Å²) in [7, 11) is 0. The van der Waals surface area contributed by atoms with Gasteiger partial charge in [0.1, 0.15) is 0 Å². The van der Waals surface area contributed by atoms with Crippen LogP contribution in [0.5, 0.6) is 0 Å². The Morgan fingerprint density at radius 3 is 2.33 bits per heavy atom. The van der Waals surface area contributed by atoms with Gasteiger partial charge < -0.3 is 0 Å². The fourth-order valence-electron chi connectivity index (χ4n) is 1.77. The molecule has 69 valence electrons. The van der Waals surface area contributed by atoms with Gasteiger partial charge in [0.25, 0.3) is 0 Å². The van der Waals surface area contributed by atoms with Crippen molar-refractivity contribution in [3.63, 3.8) is 0 Å². The Hall–Kier alpha value is -0.370. The van der Waals surface area contributed by atoms with Crippen molar-refractivity contribution >= 4 is 6.29 Å². The van der Waals surface area contributed by atoms with Gasteiger partial charge in [-0.15, -0.1) is 0 Å². The molecule has 12 heavy (non-hydrogen) atoms. The molecule has 1 rings (SSSR count). The minimum atomic E-state index is 0.0625. The average molecular weight is 168 g/mol. The molecule has 0 saturated carbocycles. The van der Waals surface area contributed by atoms with Gasteiger partial charge in [-0.1, -0.05) is 13.8 Å². The molecule has 1 unspecified atom stereocenters. The minimum absolute atomic E-state index is 0.0625. The minimum Gasteiger partial charge on any atom is -0.293 e. The smallest absolute Gasteiger partial charge is 0.217 e. The molecule has 0 aromatic heterocycles. The van der Waals surface area contributed by atoms with E-state index in [4.69, 9.17) is 0 Å². The number of nitrogens with zero attached hydrogens (tertiary/aromatic N) is 1. The molecule has 1 aliphatic heterocycles. The quantitative estimate of drug-likeness (QED) is 0.635. The van der Waals surface area contributed by atoms with Gasteiger partial charge >= 0.3 is 0 Å². The largest absolute Gasteiger partial charge is 0.293 e. The maximum Gasteiger partial charge on any atom is 0.217 e. The fraction of sp³-hybridized carbons (Fsp3) is 0.900. The summed E-state index contributed by atoms with van der Waals surface area (Å²) in [6.45, 7) is 6.49. The first kappa shape index (κ1) is 9.72. The molecule has 1 aliphatic rings. The molecule has 0 aromatic rings. The highest BCUT2D eigenvalue weighted by Crippen LogP contribution is 2.15. The standard InChI is InChI=1S/C10H18NO/c1-9(2)7-10(8-12)11-5-3-4-6-11/h9-10H,3-7H2,1-2H3. The molecular weight excluding hydrogens is 150 g/mol. The van der Waals surface area contributed by atoms with Gasteiger partial charge in [0.15, 0.2) is 0 Å². The van der Waals surface area contributed by atoms with Gasteiger partial charge in [-0.3, -0.25) is 9.69 Å². The normalized spacial score (nSPS) is 21.6. The molecule has 1 heterocycles. The van der Waals surface area contributed by atoms with Crippen molar-refractivity contribution in [3.05, 3.63) is 0 Å². The van der Waals surface area contributed by atoms with Crippen LogP contribution in [-0.4, -0.2) is 30.3 Å². The summed E-state index contributed by atoms with van der Waals surface area (Å²) < 4.78 is 0. The Morgan fingerprint density at radius 1 is 1.33 bits per heavy atom. The lowest BCUT2D eigenvalue weighted by Gasteiger charge is -2.22. The molecule has 2 heteroatoms. The van der Waals surface area contributed by atoms with Crippen molar-refractivity contribution in [1.82, 2.24) is 4.90 Å². The summed E-state index contributed by atoms with van der Waals surface area (Å²) in [6, 6.07) is 0.0625. The summed E-state index contributed by atoms with van der Waals surface area (Å²) in [4.78, 5) is 12.9. The zero-order chi connectivity index (χ0) is 8.97. The lowest BCUT2D eigenvalue weighted by atomic mass is 10.0. The molecule has 1 saturated heterocycles. The van der Waals surface area contributed by atoms with Crippen LogP contribution in [0.25, 0.3) is 0 Å². The van der Waals surface area contributed by atoms with Crippen LogP contribution in [0.4, 0.5) is 0 Å². The van der Waals surface area contributed by atoms with E-state index in [-0.39, 0.29) is 6.04 Å². The molecule has 1 atom stereocenters. The topological polar surface area (TPSA) is 20.3 Å². The van der Waals surface area contributed by atoms with Gasteiger partial charge in [-0.05, 0) is 38.3 Å². The van der Waals surface area contributed by atoms with Gasteiger partial charge in [-0.25, -0.2) is 0 Å². The Morgan fingerprint density at radius 2 is 1.92 bits per heavy atom. The molecule has 1 fully saturated rings. The third kappa shape index (κ3) is 2.59. The lowest BCUT2D eigenvalue weighted by Crippen LogP contribution is -2.34. The van der Waals surface area contributed by atoms with Crippen LogP contribution < -0.4 is 0 Å². The van der Waals surface area contributed by atoms with Gasteiger partial charge in [0, 0.05) is 0 Å². The predicted molar refractivity (Wildman–Crippen MR) is 49.7 cm³/mol. The van der Waals surface area contributed by atoms with Crippen LogP contribution in [0.2, 0.25) is 0 Å². The number of hydrogen-bond donors (Lipinski definition) is 0. The van der Waals surface area contributed by atoms with E-state index in [0.717, 1.165) is 19.5 Å². The molecule has 0 spiro atoms. The number of rotatable bonds is 4. The molecular formula is C10H18NO. The van der Waals surface area contributed by atoms with Crippen LogP contribution in [0, 0.1) is 5.92 Å². The van der Waals surface area contributed by atoms with Crippen LogP contribution in [0.15, 0.2) is 0 Å². The van der Waals surface area contributed by atoms with Crippen LogP contribution in [0.1, 0.15) is 33.1 Å². The first-order valence-electron chi connectivity index (χ1n) is 4.85. The third-order valence-corrected chi connectivity index (χ3v) is 2.41. The number of hydrogen-bond acceptors (Lipinski definition) is 2. The van der Waals surface area contributed by atoms with E-state index in [1.165, 1.54) is 12.8 Å². The highest BCUT2D eigenvalue weighted by Gasteiger charge is 2.22. The molecule has 0 bridgehead atoms.